The van der Waals surface area contributed by atoms with E-state index in [1.807, 2.05) is 0 Å². The van der Waals surface area contributed by atoms with Crippen molar-refractivity contribution in [3.8, 4) is 0 Å². The first-order valence-corrected chi connectivity index (χ1v) is 8.39. The zero-order chi connectivity index (χ0) is 14.5. The lowest BCUT2D eigenvalue weighted by Crippen LogP contribution is -2.27. The number of nitrogens with two attached hydrogens (primary N) is 1. The average molecular weight is 276 g/mol. The summed E-state index contributed by atoms with van der Waals surface area (Å²) < 4.78 is 0. The van der Waals surface area contributed by atoms with Crippen LogP contribution in [0.5, 0.6) is 0 Å². The summed E-state index contributed by atoms with van der Waals surface area (Å²) in [4.78, 5) is 0. The first-order valence-electron chi connectivity index (χ1n) is 8.39. The van der Waals surface area contributed by atoms with Crippen molar-refractivity contribution in [2.75, 3.05) is 0 Å². The fourth-order valence-electron chi connectivity index (χ4n) is 2.69. The van der Waals surface area contributed by atoms with E-state index in [2.05, 4.69) is 42.7 Å². The molecule has 0 fully saturated rings. The Balaban J connectivity index is 2.02. The molecule has 1 unspecified atom stereocenters. The molecule has 0 amide bonds. The zero-order valence-corrected chi connectivity index (χ0v) is 13.1. The van der Waals surface area contributed by atoms with Gasteiger partial charge >= 0.3 is 0 Å². The van der Waals surface area contributed by atoms with E-state index < -0.39 is 0 Å². The molecule has 0 aliphatic heterocycles. The number of nitrogens with one attached hydrogen (secondary N) is 1. The molecule has 0 radical (unpaired) electrons. The number of hydrazine groups is 1. The van der Waals surface area contributed by atoms with Gasteiger partial charge in [0.05, 0.1) is 0 Å². The SMILES string of the molecule is CCCCCCCCCCCC(NN)c1ccccc1. The lowest BCUT2D eigenvalue weighted by molar-refractivity contribution is 0.474. The second-order valence-electron chi connectivity index (χ2n) is 5.75. The molecule has 2 heteroatoms. The quantitative estimate of drug-likeness (QED) is 0.316. The summed E-state index contributed by atoms with van der Waals surface area (Å²) >= 11 is 0. The standard InChI is InChI=1S/C18H32N2/c1-2-3-4-5-6-7-8-9-13-16-18(20-19)17-14-11-10-12-15-17/h10-12,14-15,18,20H,2-9,13,16,19H2,1H3. The molecule has 0 aliphatic carbocycles. The van der Waals surface area contributed by atoms with Crippen molar-refractivity contribution in [2.45, 2.75) is 77.2 Å². The van der Waals surface area contributed by atoms with Crippen LogP contribution >= 0.6 is 0 Å². The van der Waals surface area contributed by atoms with E-state index in [4.69, 9.17) is 5.84 Å². The van der Waals surface area contributed by atoms with Crippen molar-refractivity contribution >= 4 is 0 Å². The average Bonchev–Trinajstić information content (AvgIpc) is 2.50. The lowest BCUT2D eigenvalue weighted by Gasteiger charge is -2.16. The van der Waals surface area contributed by atoms with Crippen LogP contribution in [0.2, 0.25) is 0 Å². The maximum Gasteiger partial charge on any atom is 0.0460 e. The van der Waals surface area contributed by atoms with Crippen molar-refractivity contribution in [1.29, 1.82) is 0 Å². The molecule has 2 nitrogen and oxygen atoms in total. The van der Waals surface area contributed by atoms with Crippen LogP contribution in [0.3, 0.4) is 0 Å². The van der Waals surface area contributed by atoms with Gasteiger partial charge in [-0.1, -0.05) is 95.0 Å². The summed E-state index contributed by atoms with van der Waals surface area (Å²) in [6, 6.07) is 10.8. The van der Waals surface area contributed by atoms with E-state index in [9.17, 15) is 0 Å². The lowest BCUT2D eigenvalue weighted by atomic mass is 10.00. The maximum atomic E-state index is 5.66. The van der Waals surface area contributed by atoms with Gasteiger partial charge in [0.1, 0.15) is 0 Å². The Labute approximate surface area is 125 Å². The predicted molar refractivity (Wildman–Crippen MR) is 88.4 cm³/mol. The van der Waals surface area contributed by atoms with Crippen LogP contribution < -0.4 is 11.3 Å². The summed E-state index contributed by atoms with van der Waals surface area (Å²) in [6.45, 7) is 2.27. The van der Waals surface area contributed by atoms with Crippen molar-refractivity contribution in [2.24, 2.45) is 5.84 Å². The molecule has 1 aromatic carbocycles. The number of hydrogen-bond donors (Lipinski definition) is 2. The minimum Gasteiger partial charge on any atom is -0.271 e. The molecule has 114 valence electrons. The molecule has 3 N–H and O–H groups in total. The Morgan fingerprint density at radius 2 is 1.40 bits per heavy atom. The van der Waals surface area contributed by atoms with Gasteiger partial charge < -0.3 is 0 Å². The third kappa shape index (κ3) is 7.66. The highest BCUT2D eigenvalue weighted by Gasteiger charge is 2.07. The second-order valence-corrected chi connectivity index (χ2v) is 5.75. The van der Waals surface area contributed by atoms with Crippen LogP contribution in [0.15, 0.2) is 30.3 Å². The fourth-order valence-corrected chi connectivity index (χ4v) is 2.69. The van der Waals surface area contributed by atoms with Crippen LogP contribution in [-0.4, -0.2) is 0 Å². The summed E-state index contributed by atoms with van der Waals surface area (Å²) in [6.07, 6.45) is 13.5. The van der Waals surface area contributed by atoms with E-state index in [1.54, 1.807) is 0 Å². The maximum absolute atomic E-state index is 5.66. The van der Waals surface area contributed by atoms with Crippen LogP contribution in [-0.2, 0) is 0 Å². The fraction of sp³-hybridized carbons (Fsp3) is 0.667. The second kappa shape index (κ2) is 11.9. The highest BCUT2D eigenvalue weighted by atomic mass is 15.2. The topological polar surface area (TPSA) is 38.0 Å². The summed E-state index contributed by atoms with van der Waals surface area (Å²) in [7, 11) is 0. The highest BCUT2D eigenvalue weighted by Crippen LogP contribution is 2.19. The molecule has 0 bridgehead atoms. The number of hydrogen-bond acceptors (Lipinski definition) is 2. The Morgan fingerprint density at radius 1 is 0.850 bits per heavy atom. The molecule has 0 saturated carbocycles. The number of rotatable bonds is 12. The van der Waals surface area contributed by atoms with E-state index in [1.165, 1.54) is 63.4 Å². The smallest absolute Gasteiger partial charge is 0.0460 e. The van der Waals surface area contributed by atoms with Gasteiger partial charge in [-0.2, -0.15) is 0 Å². The minimum absolute atomic E-state index is 0.306. The number of benzene rings is 1. The van der Waals surface area contributed by atoms with Gasteiger partial charge in [-0.25, -0.2) is 0 Å². The van der Waals surface area contributed by atoms with Crippen LogP contribution in [0, 0.1) is 0 Å². The summed E-state index contributed by atoms with van der Waals surface area (Å²) in [5.74, 6) is 5.66. The predicted octanol–water partition coefficient (Wildman–Crippen LogP) is 5.11. The molecule has 1 aromatic rings. The Morgan fingerprint density at radius 3 is 1.95 bits per heavy atom. The van der Waals surface area contributed by atoms with E-state index in [0.717, 1.165) is 6.42 Å². The highest BCUT2D eigenvalue weighted by molar-refractivity contribution is 5.18. The summed E-state index contributed by atoms with van der Waals surface area (Å²) in [5.41, 5.74) is 4.24. The van der Waals surface area contributed by atoms with E-state index >= 15 is 0 Å². The van der Waals surface area contributed by atoms with Gasteiger partial charge in [-0.15, -0.1) is 0 Å². The molecule has 20 heavy (non-hydrogen) atoms. The van der Waals surface area contributed by atoms with E-state index in [-0.39, 0.29) is 0 Å². The summed E-state index contributed by atoms with van der Waals surface area (Å²) in [5, 5.41) is 0. The third-order valence-electron chi connectivity index (χ3n) is 4.00. The molecule has 0 heterocycles. The third-order valence-corrected chi connectivity index (χ3v) is 4.00. The molecule has 0 saturated heterocycles. The molecule has 0 aromatic heterocycles. The van der Waals surface area contributed by atoms with Gasteiger partial charge in [0.15, 0.2) is 0 Å². The first kappa shape index (κ1) is 17.2. The van der Waals surface area contributed by atoms with Gasteiger partial charge in [-0.05, 0) is 12.0 Å². The van der Waals surface area contributed by atoms with Crippen LogP contribution in [0.25, 0.3) is 0 Å². The minimum atomic E-state index is 0.306. The Bertz CT molecular complexity index is 310. The number of unbranched alkanes of at least 4 members (excludes halogenated alkanes) is 8. The largest absolute Gasteiger partial charge is 0.271 e. The van der Waals surface area contributed by atoms with Gasteiger partial charge in [0.2, 0.25) is 0 Å². The van der Waals surface area contributed by atoms with Crippen molar-refractivity contribution in [3.05, 3.63) is 35.9 Å². The first-order chi connectivity index (χ1) is 9.88. The van der Waals surface area contributed by atoms with Crippen LogP contribution in [0.4, 0.5) is 0 Å². The molecule has 0 aliphatic rings. The van der Waals surface area contributed by atoms with E-state index in [0.29, 0.717) is 6.04 Å². The Hall–Kier alpha value is -0.860. The van der Waals surface area contributed by atoms with Gasteiger partial charge in [0, 0.05) is 6.04 Å². The van der Waals surface area contributed by atoms with Gasteiger partial charge in [0.25, 0.3) is 0 Å². The van der Waals surface area contributed by atoms with Crippen molar-refractivity contribution in [3.63, 3.8) is 0 Å². The molecule has 0 spiro atoms. The molecule has 1 rings (SSSR count). The van der Waals surface area contributed by atoms with Crippen molar-refractivity contribution in [1.82, 2.24) is 5.43 Å². The monoisotopic (exact) mass is 276 g/mol. The molecule has 1 atom stereocenters. The zero-order valence-electron chi connectivity index (χ0n) is 13.1. The van der Waals surface area contributed by atoms with Crippen LogP contribution in [0.1, 0.15) is 82.7 Å². The van der Waals surface area contributed by atoms with Gasteiger partial charge in [-0.3, -0.25) is 11.3 Å². The molecular weight excluding hydrogens is 244 g/mol. The van der Waals surface area contributed by atoms with Crippen molar-refractivity contribution < 1.29 is 0 Å². The normalized spacial score (nSPS) is 12.5. The molecular formula is C18H32N2. The Kier molecular flexibility index (Phi) is 10.3.